The molecule has 0 spiro atoms. The van der Waals surface area contributed by atoms with E-state index < -0.39 is 0 Å². The number of nitrogens with zero attached hydrogens (tertiary/aromatic N) is 2. The molecule has 1 aromatic heterocycles. The first-order chi connectivity index (χ1) is 7.66. The molecule has 2 heterocycles. The first kappa shape index (κ1) is 12.1. The van der Waals surface area contributed by atoms with Gasteiger partial charge in [-0.1, -0.05) is 6.07 Å². The molecule has 2 nitrogen and oxygen atoms in total. The molecule has 0 saturated carbocycles. The van der Waals surface area contributed by atoms with Gasteiger partial charge in [0, 0.05) is 24.2 Å². The van der Waals surface area contributed by atoms with Crippen LogP contribution in [-0.2, 0) is 0 Å². The van der Waals surface area contributed by atoms with Crippen LogP contribution in [0.15, 0.2) is 22.8 Å². The summed E-state index contributed by atoms with van der Waals surface area (Å²) >= 11 is 3.45. The van der Waals surface area contributed by atoms with Crippen molar-refractivity contribution in [3.63, 3.8) is 0 Å². The van der Waals surface area contributed by atoms with Gasteiger partial charge in [0.2, 0.25) is 0 Å². The van der Waals surface area contributed by atoms with Crippen LogP contribution in [0.4, 0.5) is 0 Å². The van der Waals surface area contributed by atoms with Crippen molar-refractivity contribution in [1.82, 2.24) is 9.88 Å². The van der Waals surface area contributed by atoms with Gasteiger partial charge in [0.1, 0.15) is 4.60 Å². The Balaban J connectivity index is 2.09. The summed E-state index contributed by atoms with van der Waals surface area (Å²) in [6.07, 6.45) is 2.56. The molecule has 1 aliphatic rings. The highest BCUT2D eigenvalue weighted by Gasteiger charge is 2.23. The normalized spacial score (nSPS) is 22.6. The van der Waals surface area contributed by atoms with Crippen molar-refractivity contribution in [3.8, 4) is 0 Å². The fourth-order valence-corrected chi connectivity index (χ4v) is 2.73. The highest BCUT2D eigenvalue weighted by molar-refractivity contribution is 9.10. The number of likely N-dealkylation sites (tertiary alicyclic amines) is 1. The van der Waals surface area contributed by atoms with Gasteiger partial charge in [-0.25, -0.2) is 4.98 Å². The number of rotatable bonds is 2. The van der Waals surface area contributed by atoms with Gasteiger partial charge >= 0.3 is 0 Å². The van der Waals surface area contributed by atoms with Crippen molar-refractivity contribution in [3.05, 3.63) is 28.5 Å². The number of halogens is 1. The van der Waals surface area contributed by atoms with Crippen LogP contribution in [0.25, 0.3) is 0 Å². The van der Waals surface area contributed by atoms with Crippen molar-refractivity contribution in [1.29, 1.82) is 0 Å². The molecular weight excluding hydrogens is 264 g/mol. The number of hydrogen-bond donors (Lipinski definition) is 0. The summed E-state index contributed by atoms with van der Waals surface area (Å²) in [4.78, 5) is 7.13. The number of pyridine rings is 1. The number of hydrogen-bond acceptors (Lipinski definition) is 2. The Hall–Kier alpha value is -0.410. The van der Waals surface area contributed by atoms with E-state index in [9.17, 15) is 0 Å². The van der Waals surface area contributed by atoms with E-state index >= 15 is 0 Å². The average Bonchev–Trinajstić information content (AvgIpc) is 2.29. The monoisotopic (exact) mass is 282 g/mol. The molecule has 3 heteroatoms. The van der Waals surface area contributed by atoms with Gasteiger partial charge < -0.3 is 4.90 Å². The third-order valence-corrected chi connectivity index (χ3v) is 3.78. The van der Waals surface area contributed by atoms with Gasteiger partial charge in [-0.05, 0) is 61.3 Å². The lowest BCUT2D eigenvalue weighted by Crippen LogP contribution is -2.39. The summed E-state index contributed by atoms with van der Waals surface area (Å²) in [6, 6.07) is 6.88. The molecule has 16 heavy (non-hydrogen) atoms. The summed E-state index contributed by atoms with van der Waals surface area (Å²) in [7, 11) is 0. The lowest BCUT2D eigenvalue weighted by molar-refractivity contribution is 0.166. The molecule has 2 rings (SSSR count). The first-order valence-electron chi connectivity index (χ1n) is 6.03. The molecule has 0 aliphatic carbocycles. The Labute approximate surface area is 106 Å². The van der Waals surface area contributed by atoms with E-state index in [1.807, 2.05) is 6.07 Å². The lowest BCUT2D eigenvalue weighted by Gasteiger charge is -2.35. The van der Waals surface area contributed by atoms with E-state index in [4.69, 9.17) is 0 Å². The Morgan fingerprint density at radius 1 is 1.44 bits per heavy atom. The second-order valence-corrected chi connectivity index (χ2v) is 5.63. The van der Waals surface area contributed by atoms with Crippen LogP contribution in [0.3, 0.4) is 0 Å². The van der Waals surface area contributed by atoms with Gasteiger partial charge in [-0.3, -0.25) is 0 Å². The summed E-state index contributed by atoms with van der Waals surface area (Å²) in [5.74, 6) is 0.605. The largest absolute Gasteiger partial charge is 0.300 e. The SMILES string of the molecule is CC(C)N1CCC[C@@H](c2cccc(Br)n2)C1. The number of aromatic nitrogens is 1. The highest BCUT2D eigenvalue weighted by atomic mass is 79.9. The Bertz CT molecular complexity index is 352. The van der Waals surface area contributed by atoms with Crippen LogP contribution in [0.2, 0.25) is 0 Å². The summed E-state index contributed by atoms with van der Waals surface area (Å²) in [6.45, 7) is 6.94. The minimum absolute atomic E-state index is 0.605. The fraction of sp³-hybridized carbons (Fsp3) is 0.615. The van der Waals surface area contributed by atoms with E-state index in [1.165, 1.54) is 25.1 Å². The van der Waals surface area contributed by atoms with Crippen molar-refractivity contribution >= 4 is 15.9 Å². The van der Waals surface area contributed by atoms with E-state index in [1.54, 1.807) is 0 Å². The summed E-state index contributed by atoms with van der Waals surface area (Å²) in [5.41, 5.74) is 1.24. The topological polar surface area (TPSA) is 16.1 Å². The lowest BCUT2D eigenvalue weighted by atomic mass is 9.93. The van der Waals surface area contributed by atoms with Crippen LogP contribution < -0.4 is 0 Å². The standard InChI is InChI=1S/C13H19BrN2/c1-10(2)16-8-4-5-11(9-16)12-6-3-7-13(14)15-12/h3,6-7,10-11H,4-5,8-9H2,1-2H3/t11-/m1/s1. The van der Waals surface area contributed by atoms with Crippen molar-refractivity contribution in [2.45, 2.75) is 38.6 Å². The molecule has 1 aliphatic heterocycles. The molecule has 0 amide bonds. The summed E-state index contributed by atoms with van der Waals surface area (Å²) in [5, 5.41) is 0. The first-order valence-corrected chi connectivity index (χ1v) is 6.82. The summed E-state index contributed by atoms with van der Waals surface area (Å²) < 4.78 is 0.951. The Morgan fingerprint density at radius 2 is 2.25 bits per heavy atom. The minimum Gasteiger partial charge on any atom is -0.300 e. The predicted octanol–water partition coefficient (Wildman–Crippen LogP) is 3.43. The smallest absolute Gasteiger partial charge is 0.106 e. The zero-order valence-electron chi connectivity index (χ0n) is 9.99. The van der Waals surface area contributed by atoms with Crippen molar-refractivity contribution in [2.75, 3.05) is 13.1 Å². The van der Waals surface area contributed by atoms with Gasteiger partial charge in [-0.2, -0.15) is 0 Å². The molecule has 0 unspecified atom stereocenters. The fourth-order valence-electron chi connectivity index (χ4n) is 2.37. The van der Waals surface area contributed by atoms with Gasteiger partial charge in [0.05, 0.1) is 0 Å². The van der Waals surface area contributed by atoms with E-state index in [2.05, 4.69) is 51.8 Å². The highest BCUT2D eigenvalue weighted by Crippen LogP contribution is 2.27. The zero-order valence-corrected chi connectivity index (χ0v) is 11.6. The molecule has 1 fully saturated rings. The molecule has 0 bridgehead atoms. The van der Waals surface area contributed by atoms with Crippen LogP contribution in [0, 0.1) is 0 Å². The molecule has 1 aromatic rings. The third-order valence-electron chi connectivity index (χ3n) is 3.34. The maximum absolute atomic E-state index is 4.58. The van der Waals surface area contributed by atoms with Crippen LogP contribution in [0.5, 0.6) is 0 Å². The Morgan fingerprint density at radius 3 is 2.94 bits per heavy atom. The van der Waals surface area contributed by atoms with Crippen LogP contribution in [-0.4, -0.2) is 29.0 Å². The molecule has 0 N–H and O–H groups in total. The average molecular weight is 283 g/mol. The van der Waals surface area contributed by atoms with E-state index in [-0.39, 0.29) is 0 Å². The van der Waals surface area contributed by atoms with Crippen molar-refractivity contribution < 1.29 is 0 Å². The quantitative estimate of drug-likeness (QED) is 0.773. The van der Waals surface area contributed by atoms with E-state index in [0.29, 0.717) is 12.0 Å². The molecule has 0 aromatic carbocycles. The second-order valence-electron chi connectivity index (χ2n) is 4.81. The number of piperidine rings is 1. The van der Waals surface area contributed by atoms with Crippen LogP contribution in [0.1, 0.15) is 38.3 Å². The predicted molar refractivity (Wildman–Crippen MR) is 70.6 cm³/mol. The van der Waals surface area contributed by atoms with Gasteiger partial charge in [0.25, 0.3) is 0 Å². The zero-order chi connectivity index (χ0) is 11.5. The van der Waals surface area contributed by atoms with Crippen LogP contribution >= 0.6 is 15.9 Å². The molecule has 0 radical (unpaired) electrons. The van der Waals surface area contributed by atoms with Crippen molar-refractivity contribution in [2.24, 2.45) is 0 Å². The molecular formula is C13H19BrN2. The maximum atomic E-state index is 4.58. The Kier molecular flexibility index (Phi) is 3.98. The third kappa shape index (κ3) is 2.83. The molecule has 1 saturated heterocycles. The molecule has 1 atom stereocenters. The second kappa shape index (κ2) is 5.28. The van der Waals surface area contributed by atoms with E-state index in [0.717, 1.165) is 11.1 Å². The maximum Gasteiger partial charge on any atom is 0.106 e. The van der Waals surface area contributed by atoms with Gasteiger partial charge in [-0.15, -0.1) is 0 Å². The van der Waals surface area contributed by atoms with Gasteiger partial charge in [0.15, 0.2) is 0 Å². The minimum atomic E-state index is 0.605. The molecule has 88 valence electrons.